The molecule has 2 aromatic carbocycles. The minimum Gasteiger partial charge on any atom is -0.497 e. The van der Waals surface area contributed by atoms with Gasteiger partial charge in [0.25, 0.3) is 5.91 Å². The van der Waals surface area contributed by atoms with E-state index in [0.29, 0.717) is 29.5 Å². The van der Waals surface area contributed by atoms with Gasteiger partial charge in [0.05, 0.1) is 18.4 Å². The molecule has 0 radical (unpaired) electrons. The molecule has 0 unspecified atom stereocenters. The zero-order valence-electron chi connectivity index (χ0n) is 14.9. The zero-order valence-corrected chi connectivity index (χ0v) is 17.3. The third kappa shape index (κ3) is 4.69. The van der Waals surface area contributed by atoms with Gasteiger partial charge >= 0.3 is 0 Å². The summed E-state index contributed by atoms with van der Waals surface area (Å²) in [6.07, 6.45) is 0.648. The molecule has 1 aliphatic heterocycles. The first kappa shape index (κ1) is 19.9. The summed E-state index contributed by atoms with van der Waals surface area (Å²) in [6.45, 7) is 0.842. The van der Waals surface area contributed by atoms with Crippen LogP contribution in [-0.2, 0) is 23.0 Å². The van der Waals surface area contributed by atoms with Crippen LogP contribution in [0.15, 0.2) is 46.9 Å². The van der Waals surface area contributed by atoms with E-state index in [-0.39, 0.29) is 18.2 Å². The third-order valence-corrected chi connectivity index (χ3v) is 7.06. The number of rotatable bonds is 6. The molecule has 1 N–H and O–H groups in total. The highest BCUT2D eigenvalue weighted by Gasteiger charge is 2.26. The number of fused-ring (bicyclic) bond motifs is 1. The quantitative estimate of drug-likeness (QED) is 0.730. The number of hydrogen-bond acceptors (Lipinski definition) is 4. The van der Waals surface area contributed by atoms with Crippen molar-refractivity contribution < 1.29 is 17.9 Å². The maximum Gasteiger partial charge on any atom is 0.252 e. The molecule has 6 nitrogen and oxygen atoms in total. The van der Waals surface area contributed by atoms with Crippen molar-refractivity contribution in [1.82, 2.24) is 9.62 Å². The fourth-order valence-electron chi connectivity index (χ4n) is 3.03. The molecule has 144 valence electrons. The molecule has 0 saturated heterocycles. The van der Waals surface area contributed by atoms with Crippen molar-refractivity contribution >= 4 is 31.9 Å². The smallest absolute Gasteiger partial charge is 0.252 e. The lowest BCUT2D eigenvalue weighted by molar-refractivity contribution is 0.0955. The topological polar surface area (TPSA) is 75.7 Å². The summed E-state index contributed by atoms with van der Waals surface area (Å²) in [7, 11) is -1.84. The molecule has 27 heavy (non-hydrogen) atoms. The Hall–Kier alpha value is -1.90. The molecular weight excluding hydrogens is 432 g/mol. The normalized spacial score (nSPS) is 14.4. The molecule has 2 aromatic rings. The predicted octanol–water partition coefficient (Wildman–Crippen LogP) is 2.58. The number of amides is 1. The van der Waals surface area contributed by atoms with E-state index in [4.69, 9.17) is 4.74 Å². The number of nitrogens with one attached hydrogen (secondary N) is 1. The molecule has 1 amide bonds. The molecule has 3 rings (SSSR count). The van der Waals surface area contributed by atoms with Gasteiger partial charge in [-0.15, -0.1) is 0 Å². The number of benzene rings is 2. The van der Waals surface area contributed by atoms with Crippen LogP contribution in [-0.4, -0.2) is 44.6 Å². The van der Waals surface area contributed by atoms with Crippen LogP contribution in [0.4, 0.5) is 0 Å². The molecular formula is C19H21BrN2O4S. The van der Waals surface area contributed by atoms with Crippen LogP contribution in [0.25, 0.3) is 0 Å². The van der Waals surface area contributed by atoms with Crippen LogP contribution >= 0.6 is 15.9 Å². The maximum absolute atomic E-state index is 12.6. The first-order valence-electron chi connectivity index (χ1n) is 8.57. The third-order valence-electron chi connectivity index (χ3n) is 4.55. The van der Waals surface area contributed by atoms with Crippen LogP contribution in [0.5, 0.6) is 5.75 Å². The van der Waals surface area contributed by atoms with Crippen molar-refractivity contribution in [3.8, 4) is 5.75 Å². The van der Waals surface area contributed by atoms with Gasteiger partial charge in [-0.25, -0.2) is 8.42 Å². The monoisotopic (exact) mass is 452 g/mol. The fraction of sp³-hybridized carbons (Fsp3) is 0.316. The van der Waals surface area contributed by atoms with Gasteiger partial charge in [-0.3, -0.25) is 4.79 Å². The summed E-state index contributed by atoms with van der Waals surface area (Å²) in [4.78, 5) is 12.2. The molecule has 0 saturated carbocycles. The molecule has 1 heterocycles. The summed E-state index contributed by atoms with van der Waals surface area (Å²) < 4.78 is 32.7. The highest BCUT2D eigenvalue weighted by atomic mass is 79.9. The van der Waals surface area contributed by atoms with Gasteiger partial charge in [0, 0.05) is 24.1 Å². The second kappa shape index (κ2) is 8.41. The summed E-state index contributed by atoms with van der Waals surface area (Å²) in [5, 5.41) is 2.68. The number of nitrogens with zero attached hydrogens (tertiary/aromatic N) is 1. The van der Waals surface area contributed by atoms with Gasteiger partial charge in [0.2, 0.25) is 10.0 Å². The van der Waals surface area contributed by atoms with E-state index in [1.165, 1.54) is 4.31 Å². The van der Waals surface area contributed by atoms with E-state index in [1.54, 1.807) is 25.3 Å². The average molecular weight is 453 g/mol. The van der Waals surface area contributed by atoms with E-state index >= 15 is 0 Å². The second-order valence-corrected chi connectivity index (χ2v) is 9.21. The molecule has 0 atom stereocenters. The Morgan fingerprint density at radius 1 is 1.22 bits per heavy atom. The number of sulfonamides is 1. The zero-order chi connectivity index (χ0) is 19.4. The molecule has 0 bridgehead atoms. The van der Waals surface area contributed by atoms with Crippen molar-refractivity contribution in [2.75, 3.05) is 26.0 Å². The van der Waals surface area contributed by atoms with Crippen molar-refractivity contribution in [3.63, 3.8) is 0 Å². The van der Waals surface area contributed by atoms with Crippen LogP contribution in [0, 0.1) is 0 Å². The van der Waals surface area contributed by atoms with Gasteiger partial charge in [-0.1, -0.05) is 18.2 Å². The first-order valence-corrected chi connectivity index (χ1v) is 11.0. The van der Waals surface area contributed by atoms with Gasteiger partial charge < -0.3 is 10.1 Å². The minimum atomic E-state index is -3.45. The fourth-order valence-corrected chi connectivity index (χ4v) is 4.82. The Balaban J connectivity index is 1.59. The lowest BCUT2D eigenvalue weighted by atomic mass is 10.0. The SMILES string of the molecule is COc1ccc2c(c1)CCN(S(=O)(=O)CCNC(=O)c1ccccc1Br)C2. The van der Waals surface area contributed by atoms with Crippen LogP contribution in [0.3, 0.4) is 0 Å². The van der Waals surface area contributed by atoms with Crippen molar-refractivity contribution in [3.05, 3.63) is 63.6 Å². The van der Waals surface area contributed by atoms with Crippen LogP contribution < -0.4 is 10.1 Å². The number of halogens is 1. The number of carbonyl (C=O) groups is 1. The summed E-state index contributed by atoms with van der Waals surface area (Å²) in [5.41, 5.74) is 2.58. The van der Waals surface area contributed by atoms with E-state index < -0.39 is 10.0 Å². The Bertz CT molecular complexity index is 946. The van der Waals surface area contributed by atoms with Crippen molar-refractivity contribution in [2.24, 2.45) is 0 Å². The van der Waals surface area contributed by atoms with E-state index in [9.17, 15) is 13.2 Å². The largest absolute Gasteiger partial charge is 0.497 e. The average Bonchev–Trinajstić information content (AvgIpc) is 2.67. The highest BCUT2D eigenvalue weighted by molar-refractivity contribution is 9.10. The summed E-state index contributed by atoms with van der Waals surface area (Å²) in [6, 6.07) is 12.7. The van der Waals surface area contributed by atoms with E-state index in [1.807, 2.05) is 24.3 Å². The van der Waals surface area contributed by atoms with Crippen molar-refractivity contribution in [2.45, 2.75) is 13.0 Å². The lowest BCUT2D eigenvalue weighted by Gasteiger charge is -2.28. The van der Waals surface area contributed by atoms with Gasteiger partial charge in [-0.2, -0.15) is 4.31 Å². The van der Waals surface area contributed by atoms with Gasteiger partial charge in [0.15, 0.2) is 0 Å². The lowest BCUT2D eigenvalue weighted by Crippen LogP contribution is -2.40. The molecule has 8 heteroatoms. The highest BCUT2D eigenvalue weighted by Crippen LogP contribution is 2.25. The Labute approximate surface area is 167 Å². The molecule has 0 aromatic heterocycles. The maximum atomic E-state index is 12.6. The minimum absolute atomic E-state index is 0.0640. The molecule has 0 aliphatic carbocycles. The van der Waals surface area contributed by atoms with Crippen LogP contribution in [0.1, 0.15) is 21.5 Å². The van der Waals surface area contributed by atoms with E-state index in [2.05, 4.69) is 21.2 Å². The number of methoxy groups -OCH3 is 1. The van der Waals surface area contributed by atoms with Gasteiger partial charge in [0.1, 0.15) is 5.75 Å². The Kier molecular flexibility index (Phi) is 6.18. The summed E-state index contributed by atoms with van der Waals surface area (Å²) >= 11 is 3.32. The standard InChI is InChI=1S/C19H21BrN2O4S/c1-26-16-7-6-15-13-22(10-8-14(15)12-16)27(24,25)11-9-21-19(23)17-4-2-3-5-18(17)20/h2-7,12H,8-11,13H2,1H3,(H,21,23). The van der Waals surface area contributed by atoms with E-state index in [0.717, 1.165) is 16.9 Å². The molecule has 0 spiro atoms. The Morgan fingerprint density at radius 3 is 2.74 bits per heavy atom. The molecule has 0 fully saturated rings. The molecule has 1 aliphatic rings. The second-order valence-electron chi connectivity index (χ2n) is 6.27. The number of ether oxygens (including phenoxy) is 1. The first-order chi connectivity index (χ1) is 12.9. The summed E-state index contributed by atoms with van der Waals surface area (Å²) in [5.74, 6) is 0.350. The van der Waals surface area contributed by atoms with Crippen LogP contribution in [0.2, 0.25) is 0 Å². The predicted molar refractivity (Wildman–Crippen MR) is 107 cm³/mol. The van der Waals surface area contributed by atoms with Gasteiger partial charge in [-0.05, 0) is 57.7 Å². The van der Waals surface area contributed by atoms with Crippen molar-refractivity contribution in [1.29, 1.82) is 0 Å². The Morgan fingerprint density at radius 2 is 2.00 bits per heavy atom. The number of carbonyl (C=O) groups excluding carboxylic acids is 1. The number of hydrogen-bond donors (Lipinski definition) is 1.